The van der Waals surface area contributed by atoms with Gasteiger partial charge in [0.25, 0.3) is 0 Å². The van der Waals surface area contributed by atoms with E-state index in [1.54, 1.807) is 41.1 Å². The molecule has 0 aliphatic rings. The number of nitrogens with one attached hydrogen (secondary N) is 1. The minimum atomic E-state index is -0.249. The minimum Gasteiger partial charge on any atom is -0.338 e. The number of pyridine rings is 1. The molecule has 24 heavy (non-hydrogen) atoms. The van der Waals surface area contributed by atoms with Gasteiger partial charge in [-0.25, -0.2) is 0 Å². The Labute approximate surface area is 156 Å². The molecule has 0 saturated heterocycles. The summed E-state index contributed by atoms with van der Waals surface area (Å²) in [6.07, 6.45) is 1.60. The average Bonchev–Trinajstić information content (AvgIpc) is 2.49. The lowest BCUT2D eigenvalue weighted by atomic mass is 10.2. The molecule has 0 saturated carbocycles. The van der Waals surface area contributed by atoms with Crippen molar-refractivity contribution >= 4 is 61.6 Å². The summed E-state index contributed by atoms with van der Waals surface area (Å²) in [4.78, 5) is 24.3. The van der Waals surface area contributed by atoms with Gasteiger partial charge >= 0.3 is 0 Å². The van der Waals surface area contributed by atoms with Crippen LogP contribution in [-0.4, -0.2) is 10.5 Å². The lowest BCUT2D eigenvalue weighted by Crippen LogP contribution is -2.20. The molecule has 0 bridgehead atoms. The monoisotopic (exact) mass is 424 g/mol. The van der Waals surface area contributed by atoms with Gasteiger partial charge in [0, 0.05) is 37.9 Å². The Balaban J connectivity index is 1.88. The molecule has 3 rings (SSSR count). The number of rotatable bonds is 3. The molecule has 1 N–H and O–H groups in total. The molecule has 0 spiro atoms. The number of halogens is 3. The zero-order chi connectivity index (χ0) is 17.3. The van der Waals surface area contributed by atoms with Gasteiger partial charge in [0.15, 0.2) is 5.43 Å². The van der Waals surface area contributed by atoms with E-state index in [-0.39, 0.29) is 17.9 Å². The fraction of sp³-hybridized carbons (Fsp3) is 0.0588. The summed E-state index contributed by atoms with van der Waals surface area (Å²) in [5.41, 5.74) is 1.11. The van der Waals surface area contributed by atoms with E-state index < -0.39 is 0 Å². The second kappa shape index (κ2) is 6.97. The molecular weight excluding hydrogens is 415 g/mol. The van der Waals surface area contributed by atoms with Crippen LogP contribution in [0.5, 0.6) is 0 Å². The van der Waals surface area contributed by atoms with Gasteiger partial charge in [0.1, 0.15) is 6.54 Å². The zero-order valence-corrected chi connectivity index (χ0v) is 15.3. The van der Waals surface area contributed by atoms with Crippen LogP contribution in [0.1, 0.15) is 0 Å². The van der Waals surface area contributed by atoms with Crippen LogP contribution in [0.4, 0.5) is 5.69 Å². The summed E-state index contributed by atoms with van der Waals surface area (Å²) in [5, 5.41) is 4.18. The Hall–Kier alpha value is -1.82. The van der Waals surface area contributed by atoms with Gasteiger partial charge in [-0.2, -0.15) is 0 Å². The van der Waals surface area contributed by atoms with E-state index in [1.807, 2.05) is 6.07 Å². The molecule has 0 fully saturated rings. The predicted octanol–water partition coefficient (Wildman–Crippen LogP) is 4.71. The van der Waals surface area contributed by atoms with Crippen molar-refractivity contribution in [1.29, 1.82) is 0 Å². The Kier molecular flexibility index (Phi) is 4.94. The first kappa shape index (κ1) is 17.0. The van der Waals surface area contributed by atoms with Crippen molar-refractivity contribution in [3.05, 3.63) is 73.4 Å². The molecule has 7 heteroatoms. The SMILES string of the molecule is O=C(Cn1ccc(=O)c2cc(Br)ccc21)Nc1cc(Cl)cc(Cl)c1. The molecule has 0 radical (unpaired) electrons. The molecule has 3 aromatic rings. The number of amides is 1. The number of anilines is 1. The van der Waals surface area contributed by atoms with Crippen molar-refractivity contribution in [3.8, 4) is 0 Å². The van der Waals surface area contributed by atoms with Crippen molar-refractivity contribution in [2.45, 2.75) is 6.54 Å². The zero-order valence-electron chi connectivity index (χ0n) is 12.2. The van der Waals surface area contributed by atoms with Crippen molar-refractivity contribution in [1.82, 2.24) is 4.57 Å². The Morgan fingerprint density at radius 1 is 1.08 bits per heavy atom. The Morgan fingerprint density at radius 2 is 1.79 bits per heavy atom. The Bertz CT molecular complexity index is 981. The van der Waals surface area contributed by atoms with Crippen molar-refractivity contribution in [3.63, 3.8) is 0 Å². The number of hydrogen-bond donors (Lipinski definition) is 1. The summed E-state index contributed by atoms with van der Waals surface area (Å²) in [5.74, 6) is -0.249. The maximum absolute atomic E-state index is 12.3. The standard InChI is InChI=1S/C17H11BrCl2N2O2/c18-10-1-2-15-14(5-10)16(23)3-4-22(15)9-17(24)21-13-7-11(19)6-12(20)8-13/h1-8H,9H2,(H,21,24). The summed E-state index contributed by atoms with van der Waals surface area (Å²) < 4.78 is 2.52. The molecule has 1 aromatic heterocycles. The highest BCUT2D eigenvalue weighted by Crippen LogP contribution is 2.22. The smallest absolute Gasteiger partial charge is 0.244 e. The first-order chi connectivity index (χ1) is 11.4. The van der Waals surface area contributed by atoms with E-state index in [4.69, 9.17) is 23.2 Å². The highest BCUT2D eigenvalue weighted by atomic mass is 79.9. The third-order valence-corrected chi connectivity index (χ3v) is 4.33. The molecule has 0 atom stereocenters. The summed E-state index contributed by atoms with van der Waals surface area (Å²) in [7, 11) is 0. The molecule has 2 aromatic carbocycles. The number of fused-ring (bicyclic) bond motifs is 1. The van der Waals surface area contributed by atoms with Crippen LogP contribution in [0, 0.1) is 0 Å². The second-order valence-electron chi connectivity index (χ2n) is 5.18. The van der Waals surface area contributed by atoms with Crippen LogP contribution in [0.15, 0.2) is 57.9 Å². The maximum Gasteiger partial charge on any atom is 0.244 e. The average molecular weight is 426 g/mol. The van der Waals surface area contributed by atoms with Gasteiger partial charge in [0.05, 0.1) is 5.52 Å². The quantitative estimate of drug-likeness (QED) is 0.660. The minimum absolute atomic E-state index is 0.0581. The third-order valence-electron chi connectivity index (χ3n) is 3.40. The number of carbonyl (C=O) groups is 1. The van der Waals surface area contributed by atoms with Gasteiger partial charge in [0.2, 0.25) is 5.91 Å². The van der Waals surface area contributed by atoms with E-state index >= 15 is 0 Å². The first-order valence-electron chi connectivity index (χ1n) is 6.97. The maximum atomic E-state index is 12.3. The topological polar surface area (TPSA) is 51.1 Å². The third kappa shape index (κ3) is 3.80. The molecule has 0 aliphatic carbocycles. The van der Waals surface area contributed by atoms with Gasteiger partial charge < -0.3 is 9.88 Å². The number of carbonyl (C=O) groups excluding carboxylic acids is 1. The highest BCUT2D eigenvalue weighted by molar-refractivity contribution is 9.10. The number of benzene rings is 2. The van der Waals surface area contributed by atoms with Crippen LogP contribution in [-0.2, 0) is 11.3 Å². The van der Waals surface area contributed by atoms with Crippen molar-refractivity contribution < 1.29 is 4.79 Å². The molecule has 0 unspecified atom stereocenters. The predicted molar refractivity (Wildman–Crippen MR) is 101 cm³/mol. The van der Waals surface area contributed by atoms with Gasteiger partial charge in [-0.05, 0) is 36.4 Å². The van der Waals surface area contributed by atoms with Gasteiger partial charge in [-0.1, -0.05) is 39.1 Å². The second-order valence-corrected chi connectivity index (χ2v) is 6.96. The fourth-order valence-electron chi connectivity index (χ4n) is 2.40. The molecule has 1 amide bonds. The van der Waals surface area contributed by atoms with Crippen LogP contribution in [0.2, 0.25) is 10.0 Å². The number of nitrogens with zero attached hydrogens (tertiary/aromatic N) is 1. The van der Waals surface area contributed by atoms with Crippen molar-refractivity contribution in [2.75, 3.05) is 5.32 Å². The van der Waals surface area contributed by atoms with E-state index in [0.717, 1.165) is 4.47 Å². The van der Waals surface area contributed by atoms with Crippen LogP contribution >= 0.6 is 39.1 Å². The summed E-state index contributed by atoms with van der Waals surface area (Å²) in [6, 6.07) is 11.6. The lowest BCUT2D eigenvalue weighted by Gasteiger charge is -2.11. The Morgan fingerprint density at radius 3 is 2.50 bits per heavy atom. The van der Waals surface area contributed by atoms with Crippen LogP contribution in [0.3, 0.4) is 0 Å². The fourth-order valence-corrected chi connectivity index (χ4v) is 3.29. The summed E-state index contributed by atoms with van der Waals surface area (Å²) >= 11 is 15.2. The van der Waals surface area contributed by atoms with E-state index in [2.05, 4.69) is 21.2 Å². The lowest BCUT2D eigenvalue weighted by molar-refractivity contribution is -0.116. The molecule has 4 nitrogen and oxygen atoms in total. The van der Waals surface area contributed by atoms with E-state index in [0.29, 0.717) is 26.6 Å². The van der Waals surface area contributed by atoms with Gasteiger partial charge in [-0.3, -0.25) is 9.59 Å². The van der Waals surface area contributed by atoms with E-state index in [1.165, 1.54) is 6.07 Å². The summed E-state index contributed by atoms with van der Waals surface area (Å²) in [6.45, 7) is 0.0581. The normalized spacial score (nSPS) is 10.8. The highest BCUT2D eigenvalue weighted by Gasteiger charge is 2.09. The molecule has 0 aliphatic heterocycles. The first-order valence-corrected chi connectivity index (χ1v) is 8.52. The number of hydrogen-bond acceptors (Lipinski definition) is 2. The van der Waals surface area contributed by atoms with E-state index in [9.17, 15) is 9.59 Å². The van der Waals surface area contributed by atoms with Gasteiger partial charge in [-0.15, -0.1) is 0 Å². The van der Waals surface area contributed by atoms with Crippen molar-refractivity contribution in [2.24, 2.45) is 0 Å². The molecule has 122 valence electrons. The van der Waals surface area contributed by atoms with Crippen LogP contribution < -0.4 is 10.7 Å². The molecular formula is C17H11BrCl2N2O2. The number of aromatic nitrogens is 1. The largest absolute Gasteiger partial charge is 0.338 e. The molecule has 1 heterocycles. The van der Waals surface area contributed by atoms with Crippen LogP contribution in [0.25, 0.3) is 10.9 Å².